The minimum absolute atomic E-state index is 0.0741. The van der Waals surface area contributed by atoms with Crippen molar-refractivity contribution in [2.24, 2.45) is 17.1 Å². The van der Waals surface area contributed by atoms with Crippen molar-refractivity contribution in [2.75, 3.05) is 0 Å². The van der Waals surface area contributed by atoms with Gasteiger partial charge in [-0.1, -0.05) is 26.7 Å². The van der Waals surface area contributed by atoms with Crippen molar-refractivity contribution in [3.63, 3.8) is 0 Å². The van der Waals surface area contributed by atoms with E-state index in [-0.39, 0.29) is 6.04 Å². The van der Waals surface area contributed by atoms with Crippen LogP contribution in [-0.4, -0.2) is 9.55 Å². The van der Waals surface area contributed by atoms with Gasteiger partial charge < -0.3 is 10.3 Å². The fourth-order valence-corrected chi connectivity index (χ4v) is 3.62. The molecule has 1 atom stereocenters. The Morgan fingerprint density at radius 2 is 2.00 bits per heavy atom. The van der Waals surface area contributed by atoms with Crippen LogP contribution in [-0.2, 0) is 6.54 Å². The monoisotopic (exact) mass is 249 g/mol. The molecule has 2 rings (SSSR count). The Balaban J connectivity index is 2.16. The summed E-state index contributed by atoms with van der Waals surface area (Å²) in [6.07, 6.45) is 10.7. The Labute approximate surface area is 111 Å². The molecule has 1 saturated carbocycles. The van der Waals surface area contributed by atoms with E-state index in [0.29, 0.717) is 5.41 Å². The molecule has 0 amide bonds. The Morgan fingerprint density at radius 3 is 2.56 bits per heavy atom. The predicted octanol–water partition coefficient (Wildman–Crippen LogP) is 3.51. The minimum atomic E-state index is 0.0741. The van der Waals surface area contributed by atoms with Crippen LogP contribution in [0.1, 0.15) is 64.6 Å². The Hall–Kier alpha value is -0.830. The number of hydrogen-bond acceptors (Lipinski definition) is 2. The molecule has 1 aliphatic rings. The molecular weight excluding hydrogens is 222 g/mol. The predicted molar refractivity (Wildman–Crippen MR) is 75.2 cm³/mol. The summed E-state index contributed by atoms with van der Waals surface area (Å²) >= 11 is 0. The molecule has 0 radical (unpaired) electrons. The molecule has 0 unspecified atom stereocenters. The number of aromatic nitrogens is 2. The first kappa shape index (κ1) is 13.6. The van der Waals surface area contributed by atoms with Crippen LogP contribution in [0.25, 0.3) is 0 Å². The first-order chi connectivity index (χ1) is 8.52. The third-order valence-corrected chi connectivity index (χ3v) is 4.22. The second-order valence-electron chi connectivity index (χ2n) is 6.54. The lowest BCUT2D eigenvalue weighted by molar-refractivity contribution is 0.194. The standard InChI is InChI=1S/C15H27N3/c1-12(2)8-15(6-4-5-7-15)10-18-11-17-9-14(18)13(3)16/h9,11-13H,4-8,10,16H2,1-3H3/t13-/m1/s1. The van der Waals surface area contributed by atoms with Crippen molar-refractivity contribution in [3.05, 3.63) is 18.2 Å². The van der Waals surface area contributed by atoms with Gasteiger partial charge in [0, 0.05) is 18.8 Å². The summed E-state index contributed by atoms with van der Waals surface area (Å²) in [5.74, 6) is 0.769. The second-order valence-corrected chi connectivity index (χ2v) is 6.54. The van der Waals surface area contributed by atoms with Crippen molar-refractivity contribution in [1.82, 2.24) is 9.55 Å². The molecule has 1 fully saturated rings. The lowest BCUT2D eigenvalue weighted by Crippen LogP contribution is -2.27. The first-order valence-electron chi connectivity index (χ1n) is 7.28. The van der Waals surface area contributed by atoms with Crippen molar-refractivity contribution >= 4 is 0 Å². The normalized spacial score (nSPS) is 20.5. The topological polar surface area (TPSA) is 43.8 Å². The third-order valence-electron chi connectivity index (χ3n) is 4.22. The quantitative estimate of drug-likeness (QED) is 0.868. The highest BCUT2D eigenvalue weighted by molar-refractivity contribution is 5.04. The average molecular weight is 249 g/mol. The van der Waals surface area contributed by atoms with Crippen LogP contribution in [0.2, 0.25) is 0 Å². The molecule has 0 spiro atoms. The molecule has 2 N–H and O–H groups in total. The molecule has 0 bridgehead atoms. The van der Waals surface area contributed by atoms with Gasteiger partial charge in [-0.15, -0.1) is 0 Å². The molecule has 3 nitrogen and oxygen atoms in total. The molecule has 0 aliphatic heterocycles. The number of nitrogens with zero attached hydrogens (tertiary/aromatic N) is 2. The number of nitrogens with two attached hydrogens (primary N) is 1. The van der Waals surface area contributed by atoms with Gasteiger partial charge in [0.05, 0.1) is 12.0 Å². The number of hydrogen-bond donors (Lipinski definition) is 1. The van der Waals surface area contributed by atoms with Gasteiger partial charge in [-0.25, -0.2) is 4.98 Å². The van der Waals surface area contributed by atoms with Crippen molar-refractivity contribution in [3.8, 4) is 0 Å². The zero-order chi connectivity index (χ0) is 13.2. The molecule has 3 heteroatoms. The summed E-state index contributed by atoms with van der Waals surface area (Å²) < 4.78 is 2.29. The molecule has 18 heavy (non-hydrogen) atoms. The first-order valence-corrected chi connectivity index (χ1v) is 7.28. The van der Waals surface area contributed by atoms with Crippen molar-refractivity contribution in [1.29, 1.82) is 0 Å². The zero-order valence-corrected chi connectivity index (χ0v) is 12.0. The van der Waals surface area contributed by atoms with Gasteiger partial charge in [0.25, 0.3) is 0 Å². The maximum atomic E-state index is 6.02. The van der Waals surface area contributed by atoms with Crippen molar-refractivity contribution < 1.29 is 0 Å². The summed E-state index contributed by atoms with van der Waals surface area (Å²) in [5.41, 5.74) is 7.67. The van der Waals surface area contributed by atoms with Crippen LogP contribution in [0.5, 0.6) is 0 Å². The third kappa shape index (κ3) is 2.94. The number of rotatable bonds is 5. The molecule has 0 saturated heterocycles. The van der Waals surface area contributed by atoms with Gasteiger partial charge in [0.2, 0.25) is 0 Å². The van der Waals surface area contributed by atoms with Crippen LogP contribution < -0.4 is 5.73 Å². The van der Waals surface area contributed by atoms with E-state index in [9.17, 15) is 0 Å². The van der Waals surface area contributed by atoms with Crippen LogP contribution in [0, 0.1) is 11.3 Å². The van der Waals surface area contributed by atoms with Crippen molar-refractivity contribution in [2.45, 2.75) is 65.5 Å². The minimum Gasteiger partial charge on any atom is -0.333 e. The average Bonchev–Trinajstić information content (AvgIpc) is 2.87. The fraction of sp³-hybridized carbons (Fsp3) is 0.800. The zero-order valence-electron chi connectivity index (χ0n) is 12.0. The van der Waals surface area contributed by atoms with E-state index in [0.717, 1.165) is 12.5 Å². The molecular formula is C15H27N3. The molecule has 1 aromatic rings. The smallest absolute Gasteiger partial charge is 0.0948 e. The van der Waals surface area contributed by atoms with E-state index >= 15 is 0 Å². The number of imidazole rings is 1. The second kappa shape index (κ2) is 5.43. The highest BCUT2D eigenvalue weighted by atomic mass is 15.1. The highest BCUT2D eigenvalue weighted by Gasteiger charge is 2.35. The molecule has 102 valence electrons. The molecule has 1 aromatic heterocycles. The van der Waals surface area contributed by atoms with Crippen LogP contribution in [0.4, 0.5) is 0 Å². The van der Waals surface area contributed by atoms with E-state index in [2.05, 4.69) is 23.4 Å². The Morgan fingerprint density at radius 1 is 1.33 bits per heavy atom. The maximum Gasteiger partial charge on any atom is 0.0948 e. The lowest BCUT2D eigenvalue weighted by atomic mass is 9.78. The van der Waals surface area contributed by atoms with Crippen LogP contribution in [0.15, 0.2) is 12.5 Å². The SMILES string of the molecule is CC(C)CC1(Cn2cncc2[C@@H](C)N)CCCC1. The van der Waals surface area contributed by atoms with Gasteiger partial charge in [0.15, 0.2) is 0 Å². The maximum absolute atomic E-state index is 6.02. The van der Waals surface area contributed by atoms with Gasteiger partial charge in [-0.2, -0.15) is 0 Å². The summed E-state index contributed by atoms with van der Waals surface area (Å²) in [4.78, 5) is 4.28. The molecule has 0 aromatic carbocycles. The molecule has 1 aliphatic carbocycles. The van der Waals surface area contributed by atoms with Gasteiger partial charge in [0.1, 0.15) is 0 Å². The van der Waals surface area contributed by atoms with E-state index in [1.54, 1.807) is 0 Å². The summed E-state index contributed by atoms with van der Waals surface area (Å²) in [5, 5.41) is 0. The van der Waals surface area contributed by atoms with Crippen LogP contribution in [0.3, 0.4) is 0 Å². The largest absolute Gasteiger partial charge is 0.333 e. The summed E-state index contributed by atoms with van der Waals surface area (Å²) in [7, 11) is 0. The van der Waals surface area contributed by atoms with E-state index in [4.69, 9.17) is 5.73 Å². The highest BCUT2D eigenvalue weighted by Crippen LogP contribution is 2.44. The molecule has 1 heterocycles. The van der Waals surface area contributed by atoms with Gasteiger partial charge >= 0.3 is 0 Å². The Bertz CT molecular complexity index is 373. The van der Waals surface area contributed by atoms with E-state index < -0.39 is 0 Å². The Kier molecular flexibility index (Phi) is 4.10. The summed E-state index contributed by atoms with van der Waals surface area (Å²) in [6.45, 7) is 7.81. The van der Waals surface area contributed by atoms with Gasteiger partial charge in [-0.3, -0.25) is 0 Å². The fourth-order valence-electron chi connectivity index (χ4n) is 3.62. The van der Waals surface area contributed by atoms with Crippen LogP contribution >= 0.6 is 0 Å². The summed E-state index contributed by atoms with van der Waals surface area (Å²) in [6, 6.07) is 0.0741. The van der Waals surface area contributed by atoms with E-state index in [1.807, 2.05) is 19.4 Å². The lowest BCUT2D eigenvalue weighted by Gasteiger charge is -2.32. The van der Waals surface area contributed by atoms with E-state index in [1.165, 1.54) is 37.8 Å². The van der Waals surface area contributed by atoms with Gasteiger partial charge in [-0.05, 0) is 37.5 Å².